The van der Waals surface area contributed by atoms with Gasteiger partial charge in [0, 0.05) is 13.1 Å². The summed E-state index contributed by atoms with van der Waals surface area (Å²) in [6, 6.07) is -1.22. The molecule has 1 aliphatic rings. The molecule has 1 aliphatic heterocycles. The fourth-order valence-corrected chi connectivity index (χ4v) is 1.68. The van der Waals surface area contributed by atoms with Crippen LogP contribution in [0.15, 0.2) is 0 Å². The highest BCUT2D eigenvalue weighted by Crippen LogP contribution is 2.10. The average molecular weight is 230 g/mol. The molecule has 6 nitrogen and oxygen atoms in total. The Labute approximate surface area is 94.6 Å². The average Bonchev–Trinajstić information content (AvgIpc) is 2.15. The largest absolute Gasteiger partial charge is 0.480 e. The van der Waals surface area contributed by atoms with Gasteiger partial charge in [0.05, 0.1) is 12.2 Å². The molecule has 0 spiro atoms. The van der Waals surface area contributed by atoms with E-state index in [2.05, 4.69) is 5.32 Å². The van der Waals surface area contributed by atoms with Crippen LogP contribution >= 0.6 is 0 Å². The molecule has 92 valence electrons. The van der Waals surface area contributed by atoms with E-state index in [0.717, 1.165) is 0 Å². The van der Waals surface area contributed by atoms with E-state index in [1.165, 1.54) is 6.92 Å². The molecule has 0 saturated carbocycles. The number of hydrogen-bond acceptors (Lipinski definition) is 3. The predicted molar refractivity (Wildman–Crippen MR) is 57.2 cm³/mol. The van der Waals surface area contributed by atoms with Crippen LogP contribution in [0, 0.1) is 0 Å². The van der Waals surface area contributed by atoms with Crippen LogP contribution < -0.4 is 5.32 Å². The second-order valence-electron chi connectivity index (χ2n) is 4.17. The van der Waals surface area contributed by atoms with E-state index in [4.69, 9.17) is 9.84 Å². The lowest BCUT2D eigenvalue weighted by Gasteiger charge is -2.35. The first-order valence-electron chi connectivity index (χ1n) is 5.34. The van der Waals surface area contributed by atoms with Crippen LogP contribution in [0.4, 0.5) is 4.79 Å². The highest BCUT2D eigenvalue weighted by molar-refractivity contribution is 5.82. The van der Waals surface area contributed by atoms with Crippen molar-refractivity contribution in [2.75, 3.05) is 13.1 Å². The summed E-state index contributed by atoms with van der Waals surface area (Å²) in [6.45, 7) is 6.19. The smallest absolute Gasteiger partial charge is 0.325 e. The zero-order valence-corrected chi connectivity index (χ0v) is 9.77. The van der Waals surface area contributed by atoms with Gasteiger partial charge in [-0.3, -0.25) is 4.79 Å². The highest BCUT2D eigenvalue weighted by Gasteiger charge is 2.27. The van der Waals surface area contributed by atoms with Crippen LogP contribution in [-0.2, 0) is 9.53 Å². The van der Waals surface area contributed by atoms with Gasteiger partial charge in [0.25, 0.3) is 0 Å². The molecule has 1 heterocycles. The van der Waals surface area contributed by atoms with E-state index in [9.17, 15) is 9.59 Å². The van der Waals surface area contributed by atoms with E-state index in [0.29, 0.717) is 13.1 Å². The number of rotatable bonds is 2. The van der Waals surface area contributed by atoms with Crippen molar-refractivity contribution in [3.8, 4) is 0 Å². The van der Waals surface area contributed by atoms with Crippen molar-refractivity contribution in [3.05, 3.63) is 0 Å². The maximum absolute atomic E-state index is 11.7. The van der Waals surface area contributed by atoms with Crippen molar-refractivity contribution in [2.24, 2.45) is 0 Å². The highest BCUT2D eigenvalue weighted by atomic mass is 16.5. The van der Waals surface area contributed by atoms with E-state index in [-0.39, 0.29) is 18.2 Å². The maximum Gasteiger partial charge on any atom is 0.325 e. The van der Waals surface area contributed by atoms with Gasteiger partial charge >= 0.3 is 12.0 Å². The van der Waals surface area contributed by atoms with Gasteiger partial charge in [-0.1, -0.05) is 0 Å². The molecular formula is C10H18N2O4. The number of carboxylic acids is 1. The minimum absolute atomic E-state index is 0.0189. The molecule has 16 heavy (non-hydrogen) atoms. The van der Waals surface area contributed by atoms with Crippen molar-refractivity contribution < 1.29 is 19.4 Å². The minimum Gasteiger partial charge on any atom is -0.480 e. The van der Waals surface area contributed by atoms with Crippen LogP contribution in [0.3, 0.4) is 0 Å². The minimum atomic E-state index is -1.04. The Morgan fingerprint density at radius 3 is 2.31 bits per heavy atom. The zero-order valence-electron chi connectivity index (χ0n) is 9.77. The predicted octanol–water partition coefficient (Wildman–Crippen LogP) is 0.278. The Morgan fingerprint density at radius 2 is 1.88 bits per heavy atom. The summed E-state index contributed by atoms with van der Waals surface area (Å²) in [7, 11) is 0. The summed E-state index contributed by atoms with van der Waals surface area (Å²) >= 11 is 0. The molecule has 0 aromatic rings. The van der Waals surface area contributed by atoms with Gasteiger partial charge < -0.3 is 20.1 Å². The molecule has 1 fully saturated rings. The number of aliphatic carboxylic acids is 1. The lowest BCUT2D eigenvalue weighted by atomic mass is 10.2. The van der Waals surface area contributed by atoms with Crippen LogP contribution in [0.25, 0.3) is 0 Å². The van der Waals surface area contributed by atoms with Crippen LogP contribution in [0.2, 0.25) is 0 Å². The fraction of sp³-hybridized carbons (Fsp3) is 0.800. The normalized spacial score (nSPS) is 27.3. The molecule has 1 rings (SSSR count). The van der Waals surface area contributed by atoms with Gasteiger partial charge in [0.1, 0.15) is 6.04 Å². The molecule has 6 heteroatoms. The molecule has 0 aliphatic carbocycles. The topological polar surface area (TPSA) is 78.9 Å². The van der Waals surface area contributed by atoms with E-state index in [1.807, 2.05) is 13.8 Å². The molecule has 0 aromatic carbocycles. The Kier molecular flexibility index (Phi) is 4.12. The number of ether oxygens (including phenoxy) is 1. The standard InChI is InChI=1S/C10H18N2O4/c1-6-4-12(5-7(2)16-6)10(15)11-8(3)9(13)14/h6-8H,4-5H2,1-3H3,(H,11,15)(H,13,14)/t6-,7-,8-/m0/s1. The van der Waals surface area contributed by atoms with Gasteiger partial charge in [-0.2, -0.15) is 0 Å². The number of nitrogens with one attached hydrogen (secondary N) is 1. The summed E-state index contributed by atoms with van der Waals surface area (Å²) in [5, 5.41) is 11.1. The molecule has 1 saturated heterocycles. The molecule has 0 aromatic heterocycles. The molecule has 2 N–H and O–H groups in total. The first-order chi connectivity index (χ1) is 7.40. The van der Waals surface area contributed by atoms with Gasteiger partial charge in [-0.25, -0.2) is 4.79 Å². The summed E-state index contributed by atoms with van der Waals surface area (Å²) in [5.74, 6) is -1.04. The lowest BCUT2D eigenvalue weighted by molar-refractivity contribution is -0.138. The Morgan fingerprint density at radius 1 is 1.38 bits per heavy atom. The summed E-state index contributed by atoms with van der Waals surface area (Å²) < 4.78 is 5.48. The number of morpholine rings is 1. The van der Waals surface area contributed by atoms with E-state index >= 15 is 0 Å². The van der Waals surface area contributed by atoms with Gasteiger partial charge in [0.15, 0.2) is 0 Å². The SMILES string of the molecule is C[C@H](NC(=O)N1C[C@H](C)O[C@@H](C)C1)C(=O)O. The first kappa shape index (κ1) is 12.8. The third-order valence-electron chi connectivity index (χ3n) is 2.42. The van der Waals surface area contributed by atoms with Gasteiger partial charge in [0.2, 0.25) is 0 Å². The van der Waals surface area contributed by atoms with Crippen molar-refractivity contribution in [1.29, 1.82) is 0 Å². The summed E-state index contributed by atoms with van der Waals surface area (Å²) in [6.07, 6.45) is -0.0377. The van der Waals surface area contributed by atoms with Crippen molar-refractivity contribution >= 4 is 12.0 Å². The number of carbonyl (C=O) groups is 2. The molecule has 0 unspecified atom stereocenters. The number of carbonyl (C=O) groups excluding carboxylic acids is 1. The van der Waals surface area contributed by atoms with Gasteiger partial charge in [-0.15, -0.1) is 0 Å². The molecular weight excluding hydrogens is 212 g/mol. The van der Waals surface area contributed by atoms with Crippen molar-refractivity contribution in [2.45, 2.75) is 39.0 Å². The zero-order chi connectivity index (χ0) is 12.3. The van der Waals surface area contributed by atoms with Crippen molar-refractivity contribution in [1.82, 2.24) is 10.2 Å². The van der Waals surface area contributed by atoms with Crippen molar-refractivity contribution in [3.63, 3.8) is 0 Å². The third kappa shape index (κ3) is 3.37. The molecule has 0 radical (unpaired) electrons. The van der Waals surface area contributed by atoms with Crippen LogP contribution in [-0.4, -0.2) is 53.3 Å². The second-order valence-corrected chi connectivity index (χ2v) is 4.17. The molecule has 0 bridgehead atoms. The van der Waals surface area contributed by atoms with Crippen LogP contribution in [0.5, 0.6) is 0 Å². The van der Waals surface area contributed by atoms with Crippen LogP contribution in [0.1, 0.15) is 20.8 Å². The maximum atomic E-state index is 11.7. The Bertz CT molecular complexity index is 272. The van der Waals surface area contributed by atoms with E-state index in [1.54, 1.807) is 4.90 Å². The third-order valence-corrected chi connectivity index (χ3v) is 2.42. The number of nitrogens with zero attached hydrogens (tertiary/aromatic N) is 1. The number of amides is 2. The van der Waals surface area contributed by atoms with Gasteiger partial charge in [-0.05, 0) is 20.8 Å². The van der Waals surface area contributed by atoms with E-state index < -0.39 is 12.0 Å². The number of carboxylic acid groups (broad SMARTS) is 1. The summed E-state index contributed by atoms with van der Waals surface area (Å²) in [5.41, 5.74) is 0. The second kappa shape index (κ2) is 5.16. The number of urea groups is 1. The number of hydrogen-bond donors (Lipinski definition) is 2. The monoisotopic (exact) mass is 230 g/mol. The fourth-order valence-electron chi connectivity index (χ4n) is 1.68. The molecule has 2 amide bonds. The summed E-state index contributed by atoms with van der Waals surface area (Å²) in [4.78, 5) is 23.9. The Balaban J connectivity index is 2.50. The first-order valence-corrected chi connectivity index (χ1v) is 5.34. The molecule has 3 atom stereocenters. The Hall–Kier alpha value is -1.30. The lowest BCUT2D eigenvalue weighted by Crippen LogP contribution is -2.54. The quantitative estimate of drug-likeness (QED) is 0.714.